The predicted octanol–water partition coefficient (Wildman–Crippen LogP) is 3.47. The van der Waals surface area contributed by atoms with Crippen molar-refractivity contribution in [3.05, 3.63) is 35.8 Å². The Morgan fingerprint density at radius 2 is 2.00 bits per heavy atom. The van der Waals surface area contributed by atoms with Crippen LogP contribution in [0.15, 0.2) is 24.4 Å². The van der Waals surface area contributed by atoms with Crippen LogP contribution in [-0.4, -0.2) is 11.5 Å². The lowest BCUT2D eigenvalue weighted by Gasteiger charge is -2.36. The molecule has 1 aromatic heterocycles. The van der Waals surface area contributed by atoms with Gasteiger partial charge in [0.2, 0.25) is 0 Å². The Kier molecular flexibility index (Phi) is 2.86. The van der Waals surface area contributed by atoms with E-state index in [2.05, 4.69) is 4.98 Å². The average molecular weight is 246 g/mol. The van der Waals surface area contributed by atoms with Gasteiger partial charge in [-0.15, -0.1) is 0 Å². The smallest absolute Gasteiger partial charge is 0.147 e. The van der Waals surface area contributed by atoms with E-state index in [0.717, 1.165) is 18.2 Å². The highest BCUT2D eigenvalue weighted by molar-refractivity contribution is 5.84. The third-order valence-electron chi connectivity index (χ3n) is 4.44. The zero-order valence-corrected chi connectivity index (χ0v) is 10.5. The van der Waals surface area contributed by atoms with E-state index in [1.165, 1.54) is 30.9 Å². The molecule has 3 heteroatoms. The van der Waals surface area contributed by atoms with Gasteiger partial charge in [0.25, 0.3) is 0 Å². The van der Waals surface area contributed by atoms with Crippen molar-refractivity contribution in [1.82, 2.24) is 4.98 Å². The standard InChI is InChI=1S/C15H19FN2/c16-13-6-4-5-11-12(9-18-14(11)13)15(10-17)7-2-1-3-8-15/h4-6,9,18H,1-3,7-8,10,17H2. The number of halogens is 1. The first-order valence-electron chi connectivity index (χ1n) is 6.73. The normalized spacial score (nSPS) is 19.2. The quantitative estimate of drug-likeness (QED) is 0.837. The summed E-state index contributed by atoms with van der Waals surface area (Å²) in [7, 11) is 0. The molecule has 2 aromatic rings. The molecule has 0 amide bonds. The molecule has 0 atom stereocenters. The first-order chi connectivity index (χ1) is 8.77. The van der Waals surface area contributed by atoms with Gasteiger partial charge in [0.1, 0.15) is 5.82 Å². The number of hydrogen-bond donors (Lipinski definition) is 2. The summed E-state index contributed by atoms with van der Waals surface area (Å²) < 4.78 is 13.7. The van der Waals surface area contributed by atoms with Crippen LogP contribution >= 0.6 is 0 Å². The van der Waals surface area contributed by atoms with Gasteiger partial charge in [-0.1, -0.05) is 31.4 Å². The first-order valence-corrected chi connectivity index (χ1v) is 6.73. The Hall–Kier alpha value is -1.35. The minimum Gasteiger partial charge on any atom is -0.358 e. The number of nitrogens with two attached hydrogens (primary N) is 1. The molecule has 0 radical (unpaired) electrons. The zero-order chi connectivity index (χ0) is 12.6. The monoisotopic (exact) mass is 246 g/mol. The lowest BCUT2D eigenvalue weighted by molar-refractivity contribution is 0.303. The maximum Gasteiger partial charge on any atom is 0.147 e. The Bertz CT molecular complexity index is 553. The van der Waals surface area contributed by atoms with E-state index in [1.807, 2.05) is 12.3 Å². The molecule has 1 aliphatic rings. The van der Waals surface area contributed by atoms with E-state index in [9.17, 15) is 4.39 Å². The molecule has 18 heavy (non-hydrogen) atoms. The number of aromatic nitrogens is 1. The van der Waals surface area contributed by atoms with Crippen molar-refractivity contribution in [2.45, 2.75) is 37.5 Å². The molecule has 0 spiro atoms. The van der Waals surface area contributed by atoms with Gasteiger partial charge in [-0.05, 0) is 24.5 Å². The first kappa shape index (κ1) is 11.7. The van der Waals surface area contributed by atoms with Crippen LogP contribution in [0.4, 0.5) is 4.39 Å². The van der Waals surface area contributed by atoms with E-state index in [1.54, 1.807) is 6.07 Å². The zero-order valence-electron chi connectivity index (χ0n) is 10.5. The number of nitrogens with one attached hydrogen (secondary N) is 1. The fourth-order valence-electron chi connectivity index (χ4n) is 3.37. The van der Waals surface area contributed by atoms with E-state index >= 15 is 0 Å². The molecule has 0 bridgehead atoms. The van der Waals surface area contributed by atoms with Crippen molar-refractivity contribution in [2.24, 2.45) is 5.73 Å². The molecule has 1 heterocycles. The number of aromatic amines is 1. The van der Waals surface area contributed by atoms with Crippen molar-refractivity contribution in [2.75, 3.05) is 6.54 Å². The van der Waals surface area contributed by atoms with E-state index in [4.69, 9.17) is 5.73 Å². The second-order valence-corrected chi connectivity index (χ2v) is 5.41. The highest BCUT2D eigenvalue weighted by Crippen LogP contribution is 2.41. The Labute approximate surface area is 106 Å². The lowest BCUT2D eigenvalue weighted by atomic mass is 9.69. The van der Waals surface area contributed by atoms with Crippen molar-refractivity contribution in [3.8, 4) is 0 Å². The molecule has 3 N–H and O–H groups in total. The molecule has 0 unspecified atom stereocenters. The highest BCUT2D eigenvalue weighted by Gasteiger charge is 2.34. The number of hydrogen-bond acceptors (Lipinski definition) is 1. The SMILES string of the molecule is NCC1(c2c[nH]c3c(F)cccc23)CCCCC1. The Balaban J connectivity index is 2.15. The summed E-state index contributed by atoms with van der Waals surface area (Å²) in [5, 5.41) is 1.00. The number of H-pyrrole nitrogens is 1. The van der Waals surface area contributed by atoms with Crippen LogP contribution in [0.1, 0.15) is 37.7 Å². The van der Waals surface area contributed by atoms with Gasteiger partial charge in [0, 0.05) is 23.5 Å². The van der Waals surface area contributed by atoms with Gasteiger partial charge >= 0.3 is 0 Å². The van der Waals surface area contributed by atoms with Crippen LogP contribution in [0, 0.1) is 5.82 Å². The van der Waals surface area contributed by atoms with Crippen LogP contribution in [-0.2, 0) is 5.41 Å². The lowest BCUT2D eigenvalue weighted by Crippen LogP contribution is -2.36. The third kappa shape index (κ3) is 1.65. The summed E-state index contributed by atoms with van der Waals surface area (Å²) in [5.74, 6) is -0.179. The summed E-state index contributed by atoms with van der Waals surface area (Å²) in [4.78, 5) is 3.08. The van der Waals surface area contributed by atoms with Crippen LogP contribution in [0.5, 0.6) is 0 Å². The fraction of sp³-hybridized carbons (Fsp3) is 0.467. The maximum atomic E-state index is 13.7. The average Bonchev–Trinajstić information content (AvgIpc) is 2.85. The van der Waals surface area contributed by atoms with Crippen molar-refractivity contribution in [3.63, 3.8) is 0 Å². The molecule has 3 rings (SSSR count). The van der Waals surface area contributed by atoms with E-state index in [-0.39, 0.29) is 11.2 Å². The van der Waals surface area contributed by atoms with Crippen molar-refractivity contribution in [1.29, 1.82) is 0 Å². The van der Waals surface area contributed by atoms with Gasteiger partial charge in [-0.2, -0.15) is 0 Å². The van der Waals surface area contributed by atoms with Crippen molar-refractivity contribution < 1.29 is 4.39 Å². The van der Waals surface area contributed by atoms with E-state index < -0.39 is 0 Å². The van der Waals surface area contributed by atoms with E-state index in [0.29, 0.717) is 12.1 Å². The summed E-state index contributed by atoms with van der Waals surface area (Å²) in [5.41, 5.74) is 7.92. The van der Waals surface area contributed by atoms with Crippen LogP contribution in [0.3, 0.4) is 0 Å². The van der Waals surface area contributed by atoms with Gasteiger partial charge in [-0.25, -0.2) is 4.39 Å². The predicted molar refractivity (Wildman–Crippen MR) is 72.1 cm³/mol. The van der Waals surface area contributed by atoms with Gasteiger partial charge in [0.15, 0.2) is 0 Å². The number of benzene rings is 1. The Morgan fingerprint density at radius 1 is 1.22 bits per heavy atom. The number of para-hydroxylation sites is 1. The molecular weight excluding hydrogens is 227 g/mol. The minimum absolute atomic E-state index is 0.0459. The summed E-state index contributed by atoms with van der Waals surface area (Å²) in [6, 6.07) is 5.27. The van der Waals surface area contributed by atoms with Gasteiger partial charge in [0.05, 0.1) is 5.52 Å². The molecule has 1 aliphatic carbocycles. The Morgan fingerprint density at radius 3 is 2.72 bits per heavy atom. The van der Waals surface area contributed by atoms with Gasteiger partial charge < -0.3 is 10.7 Å². The summed E-state index contributed by atoms with van der Waals surface area (Å²) in [6.45, 7) is 0.649. The molecule has 96 valence electrons. The summed E-state index contributed by atoms with van der Waals surface area (Å²) in [6.07, 6.45) is 7.93. The third-order valence-corrected chi connectivity index (χ3v) is 4.44. The van der Waals surface area contributed by atoms with Crippen LogP contribution < -0.4 is 5.73 Å². The molecule has 0 saturated heterocycles. The second-order valence-electron chi connectivity index (χ2n) is 5.41. The molecule has 1 saturated carbocycles. The largest absolute Gasteiger partial charge is 0.358 e. The topological polar surface area (TPSA) is 41.8 Å². The second kappa shape index (κ2) is 4.39. The molecule has 2 nitrogen and oxygen atoms in total. The van der Waals surface area contributed by atoms with Gasteiger partial charge in [-0.3, -0.25) is 0 Å². The number of rotatable bonds is 2. The highest BCUT2D eigenvalue weighted by atomic mass is 19.1. The van der Waals surface area contributed by atoms with Crippen LogP contribution in [0.2, 0.25) is 0 Å². The minimum atomic E-state index is -0.179. The van der Waals surface area contributed by atoms with Crippen molar-refractivity contribution >= 4 is 10.9 Å². The number of fused-ring (bicyclic) bond motifs is 1. The summed E-state index contributed by atoms with van der Waals surface area (Å²) >= 11 is 0. The molecule has 0 aliphatic heterocycles. The molecular formula is C15H19FN2. The fourth-order valence-corrected chi connectivity index (χ4v) is 3.37. The van der Waals surface area contributed by atoms with Crippen LogP contribution in [0.25, 0.3) is 10.9 Å². The maximum absolute atomic E-state index is 13.7. The molecule has 1 fully saturated rings. The molecule has 1 aromatic carbocycles.